The van der Waals surface area contributed by atoms with Gasteiger partial charge in [0.15, 0.2) is 0 Å². The molecule has 0 amide bonds. The maximum Gasteiger partial charge on any atom is 0.223 e. The van der Waals surface area contributed by atoms with Gasteiger partial charge in [0.1, 0.15) is 6.23 Å². The summed E-state index contributed by atoms with van der Waals surface area (Å²) in [4.78, 5) is 11.6. The fraction of sp³-hybridized carbons (Fsp3) is 0.385. The third-order valence-corrected chi connectivity index (χ3v) is 5.98. The van der Waals surface area contributed by atoms with Crippen LogP contribution in [0.2, 0.25) is 0 Å². The number of nitrogens with one attached hydrogen (secondary N) is 2. The number of aromatic nitrogens is 2. The average molecular weight is 432 g/mol. The van der Waals surface area contributed by atoms with Crippen LogP contribution < -0.4 is 10.6 Å². The van der Waals surface area contributed by atoms with Gasteiger partial charge in [-0.25, -0.2) is 9.97 Å². The maximum atomic E-state index is 9.55. The van der Waals surface area contributed by atoms with Crippen LogP contribution in [0.3, 0.4) is 0 Å². The van der Waals surface area contributed by atoms with Crippen molar-refractivity contribution < 1.29 is 5.11 Å². The highest BCUT2D eigenvalue weighted by Gasteiger charge is 2.20. The Hall–Kier alpha value is -2.96. The van der Waals surface area contributed by atoms with Crippen LogP contribution in [0.15, 0.2) is 66.9 Å². The zero-order valence-electron chi connectivity index (χ0n) is 18.7. The van der Waals surface area contributed by atoms with Gasteiger partial charge in [-0.2, -0.15) is 0 Å². The van der Waals surface area contributed by atoms with E-state index in [1.807, 2.05) is 36.5 Å². The van der Waals surface area contributed by atoms with E-state index in [0.29, 0.717) is 11.9 Å². The Morgan fingerprint density at radius 2 is 1.88 bits per heavy atom. The van der Waals surface area contributed by atoms with E-state index in [1.54, 1.807) is 6.92 Å². The summed E-state index contributed by atoms with van der Waals surface area (Å²) in [6.07, 6.45) is 4.69. The molecule has 0 radical (unpaired) electrons. The minimum atomic E-state index is -0.535. The van der Waals surface area contributed by atoms with Gasteiger partial charge in [0, 0.05) is 24.0 Å². The third-order valence-electron chi connectivity index (χ3n) is 5.98. The predicted molar refractivity (Wildman–Crippen MR) is 131 cm³/mol. The van der Waals surface area contributed by atoms with E-state index in [-0.39, 0.29) is 0 Å². The highest BCUT2D eigenvalue weighted by molar-refractivity contribution is 5.59. The monoisotopic (exact) mass is 431 g/mol. The van der Waals surface area contributed by atoms with Crippen LogP contribution in [-0.4, -0.2) is 52.4 Å². The normalized spacial score (nSPS) is 15.9. The lowest BCUT2D eigenvalue weighted by molar-refractivity contribution is 0.212. The van der Waals surface area contributed by atoms with Crippen LogP contribution in [0.1, 0.15) is 37.7 Å². The molecule has 1 aromatic heterocycles. The molecule has 3 N–H and O–H groups in total. The van der Waals surface area contributed by atoms with Gasteiger partial charge < -0.3 is 20.6 Å². The summed E-state index contributed by atoms with van der Waals surface area (Å²) in [7, 11) is 0. The zero-order chi connectivity index (χ0) is 22.2. The molecule has 168 valence electrons. The molecule has 0 aliphatic carbocycles. The molecule has 0 saturated carbocycles. The summed E-state index contributed by atoms with van der Waals surface area (Å²) >= 11 is 0. The topological polar surface area (TPSA) is 73.3 Å². The molecule has 1 fully saturated rings. The molecular weight excluding hydrogens is 398 g/mol. The number of anilines is 2. The van der Waals surface area contributed by atoms with Crippen molar-refractivity contribution in [2.75, 3.05) is 36.8 Å². The van der Waals surface area contributed by atoms with Crippen LogP contribution in [0.5, 0.6) is 0 Å². The number of aliphatic hydroxyl groups is 1. The molecule has 32 heavy (non-hydrogen) atoms. The van der Waals surface area contributed by atoms with Gasteiger partial charge in [-0.05, 0) is 75.5 Å². The van der Waals surface area contributed by atoms with Crippen molar-refractivity contribution in [1.82, 2.24) is 14.9 Å². The van der Waals surface area contributed by atoms with E-state index in [9.17, 15) is 5.11 Å². The Kier molecular flexibility index (Phi) is 7.69. The number of hydrogen-bond acceptors (Lipinski definition) is 6. The van der Waals surface area contributed by atoms with Gasteiger partial charge in [-0.3, -0.25) is 0 Å². The molecule has 2 aromatic carbocycles. The van der Waals surface area contributed by atoms with Gasteiger partial charge >= 0.3 is 0 Å². The first-order valence-corrected chi connectivity index (χ1v) is 11.6. The average Bonchev–Trinajstić information content (AvgIpc) is 2.83. The first-order valence-electron chi connectivity index (χ1n) is 11.6. The van der Waals surface area contributed by atoms with Crippen LogP contribution >= 0.6 is 0 Å². The summed E-state index contributed by atoms with van der Waals surface area (Å²) in [5.74, 6) is 1.28. The number of piperidine rings is 1. The van der Waals surface area contributed by atoms with E-state index in [2.05, 4.69) is 55.8 Å². The Morgan fingerprint density at radius 3 is 2.66 bits per heavy atom. The van der Waals surface area contributed by atoms with E-state index in [1.165, 1.54) is 18.4 Å². The number of likely N-dealkylation sites (tertiary alicyclic amines) is 1. The Bertz CT molecular complexity index is 971. The summed E-state index contributed by atoms with van der Waals surface area (Å²) < 4.78 is 0. The second-order valence-corrected chi connectivity index (χ2v) is 8.47. The molecule has 0 bridgehead atoms. The number of benzene rings is 2. The molecule has 6 nitrogen and oxygen atoms in total. The van der Waals surface area contributed by atoms with Crippen LogP contribution in [0.25, 0.3) is 11.3 Å². The van der Waals surface area contributed by atoms with Crippen molar-refractivity contribution >= 4 is 11.6 Å². The predicted octanol–water partition coefficient (Wildman–Crippen LogP) is 4.58. The van der Waals surface area contributed by atoms with E-state index in [4.69, 9.17) is 0 Å². The summed E-state index contributed by atoms with van der Waals surface area (Å²) in [6.45, 7) is 5.94. The highest BCUT2D eigenvalue weighted by Crippen LogP contribution is 2.29. The molecule has 6 heteroatoms. The SMILES string of the molecule is CC(O)Nc1cccc(C2CCN(CCCNc3nccc(-c4ccccc4)n3)CC2)c1. The molecule has 3 aromatic rings. The van der Waals surface area contributed by atoms with Crippen molar-refractivity contribution in [2.24, 2.45) is 0 Å². The van der Waals surface area contributed by atoms with Crippen molar-refractivity contribution in [3.8, 4) is 11.3 Å². The van der Waals surface area contributed by atoms with Crippen molar-refractivity contribution in [2.45, 2.75) is 38.3 Å². The summed E-state index contributed by atoms with van der Waals surface area (Å²) in [5.41, 5.74) is 4.41. The third kappa shape index (κ3) is 6.28. The van der Waals surface area contributed by atoms with E-state index < -0.39 is 6.23 Å². The second kappa shape index (κ2) is 11.1. The molecule has 1 saturated heterocycles. The van der Waals surface area contributed by atoms with Crippen molar-refractivity contribution in [3.05, 3.63) is 72.4 Å². The van der Waals surface area contributed by atoms with Crippen LogP contribution in [0, 0.1) is 0 Å². The van der Waals surface area contributed by atoms with Gasteiger partial charge in [-0.15, -0.1) is 0 Å². The van der Waals surface area contributed by atoms with Crippen molar-refractivity contribution in [1.29, 1.82) is 0 Å². The number of nitrogens with zero attached hydrogens (tertiary/aromatic N) is 3. The molecule has 4 rings (SSSR count). The van der Waals surface area contributed by atoms with E-state index in [0.717, 1.165) is 49.5 Å². The number of hydrogen-bond donors (Lipinski definition) is 3. The zero-order valence-corrected chi connectivity index (χ0v) is 18.7. The Balaban J connectivity index is 1.19. The van der Waals surface area contributed by atoms with Gasteiger partial charge in [0.05, 0.1) is 5.69 Å². The molecule has 1 aliphatic rings. The van der Waals surface area contributed by atoms with Gasteiger partial charge in [-0.1, -0.05) is 42.5 Å². The fourth-order valence-corrected chi connectivity index (χ4v) is 4.33. The van der Waals surface area contributed by atoms with Crippen molar-refractivity contribution in [3.63, 3.8) is 0 Å². The minimum absolute atomic E-state index is 0.535. The largest absolute Gasteiger partial charge is 0.374 e. The first kappa shape index (κ1) is 22.2. The lowest BCUT2D eigenvalue weighted by Gasteiger charge is -2.32. The fourth-order valence-electron chi connectivity index (χ4n) is 4.33. The first-order chi connectivity index (χ1) is 15.7. The van der Waals surface area contributed by atoms with E-state index >= 15 is 0 Å². The lowest BCUT2D eigenvalue weighted by atomic mass is 9.89. The quantitative estimate of drug-likeness (QED) is 0.340. The molecular formula is C26H33N5O. The highest BCUT2D eigenvalue weighted by atomic mass is 16.3. The second-order valence-electron chi connectivity index (χ2n) is 8.47. The molecule has 1 unspecified atom stereocenters. The molecule has 0 spiro atoms. The standard InChI is InChI=1S/C26H33N5O/c1-20(32)29-24-10-5-9-23(19-24)21-12-17-31(18-13-21)16-6-14-27-26-28-15-11-25(30-26)22-7-3-2-4-8-22/h2-5,7-11,15,19-21,29,32H,6,12-14,16-18H2,1H3,(H,27,28,30). The maximum absolute atomic E-state index is 9.55. The van der Waals surface area contributed by atoms with Crippen LogP contribution in [-0.2, 0) is 0 Å². The van der Waals surface area contributed by atoms with Gasteiger partial charge in [0.25, 0.3) is 0 Å². The Morgan fingerprint density at radius 1 is 1.06 bits per heavy atom. The van der Waals surface area contributed by atoms with Crippen LogP contribution in [0.4, 0.5) is 11.6 Å². The molecule has 1 aliphatic heterocycles. The summed E-state index contributed by atoms with van der Waals surface area (Å²) in [6, 6.07) is 20.6. The minimum Gasteiger partial charge on any atom is -0.374 e. The van der Waals surface area contributed by atoms with Gasteiger partial charge in [0.2, 0.25) is 5.95 Å². The smallest absolute Gasteiger partial charge is 0.223 e. The number of rotatable bonds is 9. The number of aliphatic hydroxyl groups excluding tert-OH is 1. The summed E-state index contributed by atoms with van der Waals surface area (Å²) in [5, 5.41) is 16.0. The molecule has 1 atom stereocenters. The lowest BCUT2D eigenvalue weighted by Crippen LogP contribution is -2.34. The molecule has 2 heterocycles. The Labute approximate surface area is 190 Å².